The van der Waals surface area contributed by atoms with Crippen molar-refractivity contribution in [2.45, 2.75) is 18.8 Å². The number of hydrogen-bond acceptors (Lipinski definition) is 4. The molecule has 37 heavy (non-hydrogen) atoms. The summed E-state index contributed by atoms with van der Waals surface area (Å²) in [5, 5.41) is 5.15. The van der Waals surface area contributed by atoms with Crippen molar-refractivity contribution in [1.29, 1.82) is 0 Å². The van der Waals surface area contributed by atoms with Crippen molar-refractivity contribution in [3.63, 3.8) is 0 Å². The molecule has 2 amide bonds. The molecule has 8 nitrogen and oxygen atoms in total. The van der Waals surface area contributed by atoms with Gasteiger partial charge in [0.25, 0.3) is 5.91 Å². The molecule has 3 N–H and O–H groups in total. The summed E-state index contributed by atoms with van der Waals surface area (Å²) in [6.07, 6.45) is -1.98. The fourth-order valence-electron chi connectivity index (χ4n) is 4.02. The number of anilines is 1. The van der Waals surface area contributed by atoms with Gasteiger partial charge in [-0.3, -0.25) is 9.59 Å². The molecule has 1 aliphatic heterocycles. The smallest absolute Gasteiger partial charge is 0.342 e. The van der Waals surface area contributed by atoms with Gasteiger partial charge in [-0.1, -0.05) is 11.6 Å². The number of nitrogens with zero attached hydrogens (tertiary/aromatic N) is 3. The van der Waals surface area contributed by atoms with E-state index in [9.17, 15) is 31.5 Å². The third kappa shape index (κ3) is 4.65. The van der Waals surface area contributed by atoms with Crippen molar-refractivity contribution in [2.24, 2.45) is 0 Å². The minimum atomic E-state index is -4.89. The van der Waals surface area contributed by atoms with Crippen LogP contribution < -0.4 is 10.6 Å². The van der Waals surface area contributed by atoms with Crippen LogP contribution in [0.2, 0.25) is 5.02 Å². The molecule has 5 rings (SSSR count). The maximum Gasteiger partial charge on any atom is 0.416 e. The molecule has 0 unspecified atom stereocenters. The molecule has 2 aromatic carbocycles. The van der Waals surface area contributed by atoms with Gasteiger partial charge in [0.2, 0.25) is 5.91 Å². The Labute approximate surface area is 209 Å². The largest absolute Gasteiger partial charge is 0.416 e. The Hall–Kier alpha value is -4.26. The van der Waals surface area contributed by atoms with E-state index in [4.69, 9.17) is 11.6 Å². The number of halogens is 6. The van der Waals surface area contributed by atoms with Crippen molar-refractivity contribution in [2.75, 3.05) is 5.32 Å². The van der Waals surface area contributed by atoms with Crippen LogP contribution >= 0.6 is 11.6 Å². The number of amides is 2. The summed E-state index contributed by atoms with van der Waals surface area (Å²) >= 11 is 6.28. The van der Waals surface area contributed by atoms with Crippen molar-refractivity contribution < 1.29 is 31.5 Å². The van der Waals surface area contributed by atoms with E-state index in [1.807, 2.05) is 0 Å². The first kappa shape index (κ1) is 24.4. The number of benzene rings is 2. The Kier molecular flexibility index (Phi) is 5.94. The number of fused-ring (bicyclic) bond motifs is 1. The van der Waals surface area contributed by atoms with Crippen LogP contribution in [0.15, 0.2) is 48.8 Å². The molecule has 1 atom stereocenters. The van der Waals surface area contributed by atoms with Crippen LogP contribution in [0, 0.1) is 11.6 Å². The van der Waals surface area contributed by atoms with Crippen LogP contribution in [0.25, 0.3) is 11.6 Å². The molecule has 0 fully saturated rings. The van der Waals surface area contributed by atoms with Crippen LogP contribution in [-0.2, 0) is 17.5 Å². The van der Waals surface area contributed by atoms with Crippen molar-refractivity contribution in [3.8, 4) is 11.6 Å². The summed E-state index contributed by atoms with van der Waals surface area (Å²) < 4.78 is 68.9. The number of H-pyrrole nitrogens is 1. The maximum atomic E-state index is 14.1. The first-order chi connectivity index (χ1) is 17.5. The summed E-state index contributed by atoms with van der Waals surface area (Å²) in [4.78, 5) is 36.8. The minimum Gasteiger partial charge on any atom is -0.342 e. The second-order valence-electron chi connectivity index (χ2n) is 8.04. The summed E-state index contributed by atoms with van der Waals surface area (Å²) in [5.41, 5.74) is -1.67. The molecule has 190 valence electrons. The number of carbonyl (C=O) groups is 2. The Bertz CT molecular complexity index is 1530. The lowest BCUT2D eigenvalue weighted by atomic mass is 10.0. The third-order valence-electron chi connectivity index (χ3n) is 5.59. The lowest BCUT2D eigenvalue weighted by Gasteiger charge is -2.28. The SMILES string of the molecule is O=C1Cn2c(-c3ncc[nH]3)nc(NC(=O)c3cc(F)cc(C(F)(F)F)c3)c2[C@@H](c2cc(F)ccc2Cl)N1. The van der Waals surface area contributed by atoms with Gasteiger partial charge in [-0.25, -0.2) is 18.7 Å². The van der Waals surface area contributed by atoms with Crippen LogP contribution in [0.1, 0.15) is 33.2 Å². The molecule has 0 radical (unpaired) electrons. The fourth-order valence-corrected chi connectivity index (χ4v) is 4.25. The van der Waals surface area contributed by atoms with Gasteiger partial charge < -0.3 is 20.2 Å². The second kappa shape index (κ2) is 9.00. The molecule has 2 aromatic heterocycles. The van der Waals surface area contributed by atoms with Gasteiger partial charge in [0, 0.05) is 28.5 Å². The lowest BCUT2D eigenvalue weighted by molar-refractivity contribution is -0.137. The van der Waals surface area contributed by atoms with E-state index in [0.717, 1.165) is 12.1 Å². The van der Waals surface area contributed by atoms with Crippen molar-refractivity contribution in [1.82, 2.24) is 24.8 Å². The average molecular weight is 537 g/mol. The number of alkyl halides is 3. The summed E-state index contributed by atoms with van der Waals surface area (Å²) in [6, 6.07) is 3.80. The van der Waals surface area contributed by atoms with E-state index in [1.54, 1.807) is 0 Å². The molecule has 1 aliphatic rings. The van der Waals surface area contributed by atoms with Crippen LogP contribution in [-0.4, -0.2) is 31.3 Å². The zero-order chi connectivity index (χ0) is 26.5. The number of carbonyl (C=O) groups excluding carboxylic acids is 2. The Morgan fingerprint density at radius 3 is 2.62 bits per heavy atom. The second-order valence-corrected chi connectivity index (χ2v) is 8.45. The van der Waals surface area contributed by atoms with Gasteiger partial charge in [-0.2, -0.15) is 13.2 Å². The Morgan fingerprint density at radius 1 is 1.14 bits per heavy atom. The molecule has 0 saturated heterocycles. The molecule has 14 heteroatoms. The molecule has 0 spiro atoms. The highest BCUT2D eigenvalue weighted by atomic mass is 35.5. The average Bonchev–Trinajstić information content (AvgIpc) is 3.47. The van der Waals surface area contributed by atoms with Crippen molar-refractivity contribution in [3.05, 3.63) is 87.8 Å². The first-order valence-corrected chi connectivity index (χ1v) is 10.9. The predicted octanol–water partition coefficient (Wildman–Crippen LogP) is 4.70. The lowest BCUT2D eigenvalue weighted by Crippen LogP contribution is -2.39. The zero-order valence-electron chi connectivity index (χ0n) is 18.3. The maximum absolute atomic E-state index is 14.1. The number of hydrogen-bond donors (Lipinski definition) is 3. The van der Waals surface area contributed by atoms with E-state index in [2.05, 4.69) is 25.6 Å². The van der Waals surface area contributed by atoms with Gasteiger partial charge in [-0.15, -0.1) is 0 Å². The van der Waals surface area contributed by atoms with E-state index in [1.165, 1.54) is 23.0 Å². The molecule has 0 aliphatic carbocycles. The monoisotopic (exact) mass is 536 g/mol. The van der Waals surface area contributed by atoms with Gasteiger partial charge >= 0.3 is 6.18 Å². The highest BCUT2D eigenvalue weighted by Gasteiger charge is 2.36. The number of rotatable bonds is 4. The number of imidazole rings is 2. The van der Waals surface area contributed by atoms with Gasteiger partial charge in [0.15, 0.2) is 17.5 Å². The zero-order valence-corrected chi connectivity index (χ0v) is 19.1. The van der Waals surface area contributed by atoms with E-state index in [0.29, 0.717) is 12.1 Å². The first-order valence-electron chi connectivity index (χ1n) is 10.5. The number of nitrogens with one attached hydrogen (secondary N) is 3. The fraction of sp³-hybridized carbons (Fsp3) is 0.130. The Balaban J connectivity index is 1.64. The summed E-state index contributed by atoms with van der Waals surface area (Å²) in [7, 11) is 0. The van der Waals surface area contributed by atoms with E-state index in [-0.39, 0.29) is 46.4 Å². The van der Waals surface area contributed by atoms with Crippen LogP contribution in [0.3, 0.4) is 0 Å². The molecule has 0 bridgehead atoms. The number of aromatic nitrogens is 4. The quantitative estimate of drug-likeness (QED) is 0.329. The summed E-state index contributed by atoms with van der Waals surface area (Å²) in [5.74, 6) is -3.36. The highest BCUT2D eigenvalue weighted by Crippen LogP contribution is 2.38. The van der Waals surface area contributed by atoms with Crippen LogP contribution in [0.5, 0.6) is 0 Å². The van der Waals surface area contributed by atoms with E-state index >= 15 is 0 Å². The minimum absolute atomic E-state index is 0.0955. The van der Waals surface area contributed by atoms with Crippen LogP contribution in [0.4, 0.5) is 27.8 Å². The summed E-state index contributed by atoms with van der Waals surface area (Å²) in [6.45, 7) is -0.268. The molecular weight excluding hydrogens is 523 g/mol. The third-order valence-corrected chi connectivity index (χ3v) is 5.93. The van der Waals surface area contributed by atoms with Gasteiger partial charge in [0.05, 0.1) is 17.3 Å². The molecule has 3 heterocycles. The van der Waals surface area contributed by atoms with Crippen molar-refractivity contribution >= 4 is 29.2 Å². The molecule has 0 saturated carbocycles. The van der Waals surface area contributed by atoms with E-state index < -0.39 is 46.8 Å². The van der Waals surface area contributed by atoms with Gasteiger partial charge in [0.1, 0.15) is 18.2 Å². The highest BCUT2D eigenvalue weighted by molar-refractivity contribution is 6.31. The topological polar surface area (TPSA) is 105 Å². The Morgan fingerprint density at radius 2 is 1.92 bits per heavy atom. The van der Waals surface area contributed by atoms with Gasteiger partial charge in [-0.05, 0) is 36.4 Å². The standard InChI is InChI=1S/C23H14ClF5N6O2/c24-15-2-1-12(25)8-14(15)17-18-19(33-21(20-30-3-4-31-20)35(18)9-16(36)32-17)34-22(37)10-5-11(23(27,28)29)7-13(26)6-10/h1-8,17H,9H2,(H,30,31)(H,32,36)(H,34,37)/t17-/m1/s1. The molecule has 4 aromatic rings. The molecular formula is C23H14ClF5N6O2. The number of aromatic amines is 1. The predicted molar refractivity (Wildman–Crippen MR) is 121 cm³/mol. The normalized spacial score (nSPS) is 15.3.